The van der Waals surface area contributed by atoms with E-state index in [0.29, 0.717) is 29.4 Å². The van der Waals surface area contributed by atoms with Gasteiger partial charge in [0.2, 0.25) is 13.6 Å². The van der Waals surface area contributed by atoms with E-state index >= 15 is 0 Å². The van der Waals surface area contributed by atoms with Gasteiger partial charge < -0.3 is 18.9 Å². The lowest BCUT2D eigenvalue weighted by Gasteiger charge is -2.21. The Morgan fingerprint density at radius 2 is 1.59 bits per heavy atom. The fraction of sp³-hybridized carbons (Fsp3) is 0.182. The Hall–Kier alpha value is -3.92. The van der Waals surface area contributed by atoms with Gasteiger partial charge in [-0.3, -0.25) is 5.73 Å². The first kappa shape index (κ1) is 16.1. The van der Waals surface area contributed by atoms with Crippen LogP contribution in [0.25, 0.3) is 22.4 Å². The van der Waals surface area contributed by atoms with Gasteiger partial charge in [-0.05, 0) is 41.5 Å². The van der Waals surface area contributed by atoms with Crippen molar-refractivity contribution in [3.05, 3.63) is 47.5 Å². The number of aromatic nitrogens is 1. The molecule has 2 aromatic carbocycles. The first-order chi connectivity index (χ1) is 14.2. The van der Waals surface area contributed by atoms with Crippen LogP contribution in [0.3, 0.4) is 0 Å². The SMILES string of the molecule is N#Cc1c(-c2ccc3c(c2)OCO3)cc2[n+](c1N)CCc1cc3c(cc1-2)OCO3. The number of rotatable bonds is 1. The summed E-state index contributed by atoms with van der Waals surface area (Å²) in [5.41, 5.74) is 11.7. The van der Waals surface area contributed by atoms with E-state index in [1.54, 1.807) is 0 Å². The molecule has 7 nitrogen and oxygen atoms in total. The Bertz CT molecular complexity index is 1250. The van der Waals surface area contributed by atoms with Gasteiger partial charge in [0, 0.05) is 17.5 Å². The molecule has 3 aliphatic heterocycles. The lowest BCUT2D eigenvalue weighted by Crippen LogP contribution is -2.43. The number of hydrogen-bond acceptors (Lipinski definition) is 6. The van der Waals surface area contributed by atoms with Gasteiger partial charge in [-0.15, -0.1) is 0 Å². The van der Waals surface area contributed by atoms with Gasteiger partial charge in [0.25, 0.3) is 5.82 Å². The molecule has 29 heavy (non-hydrogen) atoms. The largest absolute Gasteiger partial charge is 0.454 e. The molecule has 0 atom stereocenters. The molecule has 0 saturated heterocycles. The van der Waals surface area contributed by atoms with Gasteiger partial charge >= 0.3 is 0 Å². The van der Waals surface area contributed by atoms with Crippen LogP contribution in [-0.4, -0.2) is 13.6 Å². The highest BCUT2D eigenvalue weighted by Gasteiger charge is 2.30. The van der Waals surface area contributed by atoms with Gasteiger partial charge in [-0.1, -0.05) is 6.07 Å². The molecule has 0 radical (unpaired) electrons. The number of fused-ring (bicyclic) bond motifs is 5. The van der Waals surface area contributed by atoms with E-state index in [1.807, 2.05) is 41.0 Å². The third-order valence-electron chi connectivity index (χ3n) is 5.66. The zero-order valence-electron chi connectivity index (χ0n) is 15.4. The number of anilines is 1. The molecule has 0 amide bonds. The van der Waals surface area contributed by atoms with Crippen molar-refractivity contribution < 1.29 is 23.5 Å². The maximum atomic E-state index is 9.84. The number of nitrogens with zero attached hydrogens (tertiary/aromatic N) is 2. The second-order valence-electron chi connectivity index (χ2n) is 7.15. The molecule has 0 bridgehead atoms. The first-order valence-electron chi connectivity index (χ1n) is 9.32. The Morgan fingerprint density at radius 1 is 0.862 bits per heavy atom. The van der Waals surface area contributed by atoms with E-state index < -0.39 is 0 Å². The summed E-state index contributed by atoms with van der Waals surface area (Å²) in [6, 6.07) is 14.0. The Labute approximate surface area is 166 Å². The minimum Gasteiger partial charge on any atom is -0.454 e. The predicted molar refractivity (Wildman–Crippen MR) is 103 cm³/mol. The van der Waals surface area contributed by atoms with Crippen molar-refractivity contribution >= 4 is 5.82 Å². The molecule has 1 aromatic heterocycles. The third kappa shape index (κ3) is 2.26. The van der Waals surface area contributed by atoms with Gasteiger partial charge in [0.1, 0.15) is 17.3 Å². The number of pyridine rings is 1. The van der Waals surface area contributed by atoms with Crippen molar-refractivity contribution in [3.63, 3.8) is 0 Å². The molecule has 142 valence electrons. The van der Waals surface area contributed by atoms with Crippen LogP contribution in [0.2, 0.25) is 0 Å². The molecule has 3 aromatic rings. The van der Waals surface area contributed by atoms with Crippen molar-refractivity contribution in [1.82, 2.24) is 0 Å². The summed E-state index contributed by atoms with van der Waals surface area (Å²) in [5, 5.41) is 9.84. The first-order valence-corrected chi connectivity index (χ1v) is 9.32. The summed E-state index contributed by atoms with van der Waals surface area (Å²) in [4.78, 5) is 0. The van der Waals surface area contributed by atoms with E-state index in [4.69, 9.17) is 24.7 Å². The number of nitriles is 1. The maximum absolute atomic E-state index is 9.84. The molecule has 0 unspecified atom stereocenters. The van der Waals surface area contributed by atoms with E-state index in [-0.39, 0.29) is 13.6 Å². The van der Waals surface area contributed by atoms with Crippen LogP contribution < -0.4 is 29.2 Å². The van der Waals surface area contributed by atoms with Crippen LogP contribution in [0.15, 0.2) is 36.4 Å². The van der Waals surface area contributed by atoms with E-state index in [0.717, 1.165) is 40.3 Å². The highest BCUT2D eigenvalue weighted by molar-refractivity contribution is 5.80. The molecule has 3 aliphatic rings. The van der Waals surface area contributed by atoms with Gasteiger partial charge in [0.05, 0.1) is 6.54 Å². The molecule has 6 rings (SSSR count). The Morgan fingerprint density at radius 3 is 2.38 bits per heavy atom. The topological polar surface area (TPSA) is 90.6 Å². The monoisotopic (exact) mass is 386 g/mol. The zero-order chi connectivity index (χ0) is 19.5. The van der Waals surface area contributed by atoms with Crippen LogP contribution in [0, 0.1) is 11.3 Å². The highest BCUT2D eigenvalue weighted by Crippen LogP contribution is 2.42. The van der Waals surface area contributed by atoms with E-state index in [2.05, 4.69) is 6.07 Å². The molecule has 0 fully saturated rings. The third-order valence-corrected chi connectivity index (χ3v) is 5.66. The molecule has 0 spiro atoms. The number of benzene rings is 2. The molecular formula is C22H16N3O4+. The summed E-state index contributed by atoms with van der Waals surface area (Å²) in [6.45, 7) is 1.13. The average Bonchev–Trinajstić information content (AvgIpc) is 3.40. The molecule has 4 heterocycles. The smallest absolute Gasteiger partial charge is 0.291 e. The molecule has 0 aliphatic carbocycles. The van der Waals surface area contributed by atoms with Crippen LogP contribution in [-0.2, 0) is 13.0 Å². The number of nitrogens with two attached hydrogens (primary N) is 1. The number of hydrogen-bond donors (Lipinski definition) is 1. The van der Waals surface area contributed by atoms with Crippen LogP contribution >= 0.6 is 0 Å². The number of aryl methyl sites for hydroxylation is 1. The van der Waals surface area contributed by atoms with E-state index in [1.165, 1.54) is 5.56 Å². The highest BCUT2D eigenvalue weighted by atomic mass is 16.7. The van der Waals surface area contributed by atoms with Crippen LogP contribution in [0.1, 0.15) is 11.1 Å². The fourth-order valence-corrected chi connectivity index (χ4v) is 4.22. The molecule has 2 N–H and O–H groups in total. The normalized spacial score (nSPS) is 14.9. The minimum absolute atomic E-state index is 0.201. The van der Waals surface area contributed by atoms with Crippen molar-refractivity contribution in [2.45, 2.75) is 13.0 Å². The average molecular weight is 386 g/mol. The summed E-state index contributed by atoms with van der Waals surface area (Å²) >= 11 is 0. The summed E-state index contributed by atoms with van der Waals surface area (Å²) in [6.07, 6.45) is 0.808. The van der Waals surface area contributed by atoms with Crippen molar-refractivity contribution in [1.29, 1.82) is 5.26 Å². The summed E-state index contributed by atoms with van der Waals surface area (Å²) in [5.74, 6) is 3.32. The molecule has 7 heteroatoms. The standard InChI is InChI=1S/C22H15N3O4/c23-9-16-14(12-1-2-18-19(5-12)27-10-26-18)7-17-15-8-21-20(28-11-29-21)6-13(15)3-4-25(17)22(16)24/h1-2,5-8,24H,3-4,10-11H2/p+1. The number of nitrogen functional groups attached to an aromatic ring is 1. The second kappa shape index (κ2) is 5.79. The minimum atomic E-state index is 0.201. The van der Waals surface area contributed by atoms with Gasteiger partial charge in [-0.2, -0.15) is 5.26 Å². The maximum Gasteiger partial charge on any atom is 0.291 e. The fourth-order valence-electron chi connectivity index (χ4n) is 4.22. The predicted octanol–water partition coefficient (Wildman–Crippen LogP) is 2.78. The molecule has 0 saturated carbocycles. The Kier molecular flexibility index (Phi) is 3.21. The van der Waals surface area contributed by atoms with E-state index in [9.17, 15) is 5.26 Å². The van der Waals surface area contributed by atoms with Gasteiger partial charge in [0.15, 0.2) is 23.0 Å². The lowest BCUT2D eigenvalue weighted by molar-refractivity contribution is -0.673. The number of ether oxygens (including phenoxy) is 4. The summed E-state index contributed by atoms with van der Waals surface area (Å²) < 4.78 is 24.0. The van der Waals surface area contributed by atoms with Crippen molar-refractivity contribution in [2.24, 2.45) is 0 Å². The van der Waals surface area contributed by atoms with Crippen LogP contribution in [0.4, 0.5) is 5.82 Å². The quantitative estimate of drug-likeness (QED) is 0.647. The lowest BCUT2D eigenvalue weighted by atomic mass is 9.92. The zero-order valence-corrected chi connectivity index (χ0v) is 15.4. The Balaban J connectivity index is 1.59. The van der Waals surface area contributed by atoms with Crippen molar-refractivity contribution in [2.75, 3.05) is 19.3 Å². The van der Waals surface area contributed by atoms with Crippen LogP contribution in [0.5, 0.6) is 23.0 Å². The summed E-state index contributed by atoms with van der Waals surface area (Å²) in [7, 11) is 0. The molecular weight excluding hydrogens is 370 g/mol. The van der Waals surface area contributed by atoms with Crippen molar-refractivity contribution in [3.8, 4) is 51.5 Å². The second-order valence-corrected chi connectivity index (χ2v) is 7.15. The van der Waals surface area contributed by atoms with Gasteiger partial charge in [-0.25, -0.2) is 4.57 Å².